The number of aliphatic hydroxyl groups excluding tert-OH is 1. The van der Waals surface area contributed by atoms with Gasteiger partial charge in [0.1, 0.15) is 5.82 Å². The first kappa shape index (κ1) is 15.9. The van der Waals surface area contributed by atoms with Gasteiger partial charge in [0.25, 0.3) is 0 Å². The number of nitrogens with two attached hydrogens (primary N) is 1. The van der Waals surface area contributed by atoms with E-state index in [0.717, 1.165) is 12.8 Å². The largest absolute Gasteiger partial charge is 0.393 e. The molecule has 4 N–H and O–H groups in total. The molecule has 7 heteroatoms. The lowest BCUT2D eigenvalue weighted by atomic mass is 9.92. The highest BCUT2D eigenvalue weighted by molar-refractivity contribution is 5.68. The Labute approximate surface area is 121 Å². The number of fused-ring (bicyclic) bond motifs is 1. The third-order valence-corrected chi connectivity index (χ3v) is 3.78. The zero-order valence-corrected chi connectivity index (χ0v) is 11.9. The lowest BCUT2D eigenvalue weighted by Gasteiger charge is -2.29. The number of nitrogens with one attached hydrogen (secondary N) is 1. The fourth-order valence-corrected chi connectivity index (χ4v) is 2.52. The average molecular weight is 303 g/mol. The van der Waals surface area contributed by atoms with Crippen LogP contribution in [0.5, 0.6) is 0 Å². The average Bonchev–Trinajstić information content (AvgIpc) is 2.43. The second kappa shape index (κ2) is 6.09. The van der Waals surface area contributed by atoms with E-state index in [0.29, 0.717) is 23.4 Å². The number of rotatable bonds is 4. The van der Waals surface area contributed by atoms with Crippen LogP contribution in [-0.4, -0.2) is 22.8 Å². The van der Waals surface area contributed by atoms with Crippen LogP contribution in [0.25, 0.3) is 0 Å². The van der Waals surface area contributed by atoms with Crippen molar-refractivity contribution in [3.8, 4) is 0 Å². The summed E-state index contributed by atoms with van der Waals surface area (Å²) in [6, 6.07) is 1.54. The van der Waals surface area contributed by atoms with Crippen LogP contribution >= 0.6 is 0 Å². The van der Waals surface area contributed by atoms with Gasteiger partial charge in [-0.25, -0.2) is 4.98 Å². The van der Waals surface area contributed by atoms with Crippen LogP contribution in [0.1, 0.15) is 43.5 Å². The maximum atomic E-state index is 12.8. The molecule has 0 spiro atoms. The molecule has 2 unspecified atom stereocenters. The number of halogens is 3. The SMILES string of the molecule is CCCCC(O)c1cc2c(c(N)n1)NCC(C(F)(F)F)C2. The van der Waals surface area contributed by atoms with Crippen molar-refractivity contribution >= 4 is 11.5 Å². The van der Waals surface area contributed by atoms with Gasteiger partial charge < -0.3 is 16.2 Å². The second-order valence-electron chi connectivity index (χ2n) is 5.45. The number of alkyl halides is 3. The van der Waals surface area contributed by atoms with Crippen LogP contribution in [0.4, 0.5) is 24.7 Å². The third-order valence-electron chi connectivity index (χ3n) is 3.78. The van der Waals surface area contributed by atoms with Gasteiger partial charge in [-0.15, -0.1) is 0 Å². The normalized spacial score (nSPS) is 19.8. The minimum Gasteiger partial charge on any atom is -0.387 e. The highest BCUT2D eigenvalue weighted by Crippen LogP contribution is 2.37. The predicted molar refractivity (Wildman–Crippen MR) is 74.9 cm³/mol. The number of anilines is 2. The molecule has 0 aliphatic carbocycles. The fraction of sp³-hybridized carbons (Fsp3) is 0.643. The first-order chi connectivity index (χ1) is 9.82. The van der Waals surface area contributed by atoms with Crippen LogP contribution in [0, 0.1) is 5.92 Å². The molecular weight excluding hydrogens is 283 g/mol. The van der Waals surface area contributed by atoms with Gasteiger partial charge in [0.2, 0.25) is 0 Å². The molecule has 118 valence electrons. The van der Waals surface area contributed by atoms with Crippen molar-refractivity contribution in [3.63, 3.8) is 0 Å². The number of hydrogen-bond acceptors (Lipinski definition) is 4. The highest BCUT2D eigenvalue weighted by atomic mass is 19.4. The predicted octanol–water partition coefficient (Wildman–Crippen LogP) is 3.03. The van der Waals surface area contributed by atoms with Gasteiger partial charge in [-0.2, -0.15) is 13.2 Å². The minimum absolute atomic E-state index is 0.133. The molecule has 1 aliphatic heterocycles. The monoisotopic (exact) mass is 303 g/mol. The van der Waals surface area contributed by atoms with E-state index in [2.05, 4.69) is 10.3 Å². The smallest absolute Gasteiger partial charge is 0.387 e. The molecule has 1 aromatic rings. The van der Waals surface area contributed by atoms with E-state index in [1.54, 1.807) is 0 Å². The third kappa shape index (κ3) is 3.58. The molecule has 0 amide bonds. The summed E-state index contributed by atoms with van der Waals surface area (Å²) in [5.41, 5.74) is 7.08. The molecule has 1 aromatic heterocycles. The molecule has 2 heterocycles. The van der Waals surface area contributed by atoms with Crippen LogP contribution in [0.2, 0.25) is 0 Å². The first-order valence-corrected chi connectivity index (χ1v) is 7.10. The van der Waals surface area contributed by atoms with E-state index < -0.39 is 18.2 Å². The van der Waals surface area contributed by atoms with Crippen LogP contribution in [0.15, 0.2) is 6.07 Å². The summed E-state index contributed by atoms with van der Waals surface area (Å²) >= 11 is 0. The van der Waals surface area contributed by atoms with Crippen molar-refractivity contribution in [1.82, 2.24) is 4.98 Å². The van der Waals surface area contributed by atoms with Crippen molar-refractivity contribution in [3.05, 3.63) is 17.3 Å². The van der Waals surface area contributed by atoms with Crippen LogP contribution in [0.3, 0.4) is 0 Å². The van der Waals surface area contributed by atoms with Crippen molar-refractivity contribution in [2.24, 2.45) is 5.92 Å². The Balaban J connectivity index is 2.24. The molecule has 0 saturated carbocycles. The van der Waals surface area contributed by atoms with E-state index in [1.165, 1.54) is 6.07 Å². The van der Waals surface area contributed by atoms with Gasteiger partial charge in [0.15, 0.2) is 0 Å². The molecule has 4 nitrogen and oxygen atoms in total. The lowest BCUT2D eigenvalue weighted by molar-refractivity contribution is -0.170. The Hall–Kier alpha value is -1.50. The molecule has 1 aliphatic rings. The molecular formula is C14H20F3N3O. The Bertz CT molecular complexity index is 505. The number of hydrogen-bond donors (Lipinski definition) is 3. The number of pyridine rings is 1. The Morgan fingerprint density at radius 3 is 2.86 bits per heavy atom. The highest BCUT2D eigenvalue weighted by Gasteiger charge is 2.41. The van der Waals surface area contributed by atoms with Crippen molar-refractivity contribution in [1.29, 1.82) is 0 Å². The Kier molecular flexibility index (Phi) is 4.61. The molecule has 2 atom stereocenters. The summed E-state index contributed by atoms with van der Waals surface area (Å²) in [4.78, 5) is 4.11. The fourth-order valence-electron chi connectivity index (χ4n) is 2.52. The first-order valence-electron chi connectivity index (χ1n) is 7.10. The van der Waals surface area contributed by atoms with E-state index in [-0.39, 0.29) is 18.8 Å². The Morgan fingerprint density at radius 1 is 1.52 bits per heavy atom. The molecule has 2 rings (SSSR count). The number of aromatic nitrogens is 1. The zero-order valence-electron chi connectivity index (χ0n) is 11.9. The maximum Gasteiger partial charge on any atom is 0.393 e. The summed E-state index contributed by atoms with van der Waals surface area (Å²) in [7, 11) is 0. The summed E-state index contributed by atoms with van der Waals surface area (Å²) in [5, 5.41) is 12.8. The summed E-state index contributed by atoms with van der Waals surface area (Å²) in [6.45, 7) is 1.80. The van der Waals surface area contributed by atoms with Gasteiger partial charge in [-0.1, -0.05) is 19.8 Å². The topological polar surface area (TPSA) is 71.2 Å². The van der Waals surface area contributed by atoms with E-state index >= 15 is 0 Å². The van der Waals surface area contributed by atoms with Crippen molar-refractivity contribution in [2.45, 2.75) is 44.9 Å². The summed E-state index contributed by atoms with van der Waals surface area (Å²) in [6.07, 6.45) is -2.89. The molecule has 0 bridgehead atoms. The quantitative estimate of drug-likeness (QED) is 0.799. The van der Waals surface area contributed by atoms with E-state index in [9.17, 15) is 18.3 Å². The molecule has 21 heavy (non-hydrogen) atoms. The zero-order chi connectivity index (χ0) is 15.6. The lowest BCUT2D eigenvalue weighted by Crippen LogP contribution is -2.35. The van der Waals surface area contributed by atoms with Gasteiger partial charge in [-0.3, -0.25) is 0 Å². The standard InChI is InChI=1S/C14H20F3N3O/c1-2-3-4-11(21)10-6-8-5-9(14(15,16)17)7-19-12(8)13(18)20-10/h6,9,11,19,21H,2-5,7H2,1H3,(H2,18,20). The summed E-state index contributed by atoms with van der Waals surface area (Å²) < 4.78 is 38.5. The van der Waals surface area contributed by atoms with Crippen LogP contribution in [-0.2, 0) is 6.42 Å². The molecule has 0 aromatic carbocycles. The number of aliphatic hydroxyl groups is 1. The number of nitrogens with zero attached hydrogens (tertiary/aromatic N) is 1. The van der Waals surface area contributed by atoms with Gasteiger partial charge in [0.05, 0.1) is 23.4 Å². The molecule has 0 radical (unpaired) electrons. The summed E-state index contributed by atoms with van der Waals surface area (Å²) in [5.74, 6) is -1.29. The number of unbranched alkanes of at least 4 members (excludes halogenated alkanes) is 1. The molecule has 0 saturated heterocycles. The Morgan fingerprint density at radius 2 is 2.24 bits per heavy atom. The van der Waals surface area contributed by atoms with Crippen molar-refractivity contribution in [2.75, 3.05) is 17.6 Å². The van der Waals surface area contributed by atoms with Crippen LogP contribution < -0.4 is 11.1 Å². The second-order valence-corrected chi connectivity index (χ2v) is 5.45. The minimum atomic E-state index is -4.25. The number of nitrogen functional groups attached to an aromatic ring is 1. The maximum absolute atomic E-state index is 12.8. The van der Waals surface area contributed by atoms with Gasteiger partial charge >= 0.3 is 6.18 Å². The molecule has 0 fully saturated rings. The van der Waals surface area contributed by atoms with Gasteiger partial charge in [-0.05, 0) is 24.5 Å². The van der Waals surface area contributed by atoms with Gasteiger partial charge in [0, 0.05) is 6.54 Å². The van der Waals surface area contributed by atoms with E-state index in [1.807, 2.05) is 6.92 Å². The van der Waals surface area contributed by atoms with E-state index in [4.69, 9.17) is 5.73 Å². The van der Waals surface area contributed by atoms with Crippen molar-refractivity contribution < 1.29 is 18.3 Å².